The molecule has 31 heavy (non-hydrogen) atoms. The van der Waals surface area contributed by atoms with Crippen molar-refractivity contribution in [3.05, 3.63) is 65.8 Å². The lowest BCUT2D eigenvalue weighted by atomic mass is 9.76. The Kier molecular flexibility index (Phi) is 6.01. The van der Waals surface area contributed by atoms with Gasteiger partial charge in [-0.3, -0.25) is 24.4 Å². The summed E-state index contributed by atoms with van der Waals surface area (Å²) in [5.41, 5.74) is 2.15. The molecule has 0 bridgehead atoms. The molecule has 0 radical (unpaired) electrons. The van der Waals surface area contributed by atoms with Gasteiger partial charge in [-0.2, -0.15) is 5.26 Å². The summed E-state index contributed by atoms with van der Waals surface area (Å²) >= 11 is 0. The van der Waals surface area contributed by atoms with Crippen LogP contribution in [0.15, 0.2) is 60.1 Å². The van der Waals surface area contributed by atoms with Gasteiger partial charge in [-0.25, -0.2) is 0 Å². The van der Waals surface area contributed by atoms with Crippen molar-refractivity contribution in [2.24, 2.45) is 5.92 Å². The van der Waals surface area contributed by atoms with E-state index < -0.39 is 17.3 Å². The fraction of sp³-hybridized carbons (Fsp3) is 0.417. The maximum absolute atomic E-state index is 12.8. The number of carbonyl (C=O) groups excluding carboxylic acids is 2. The van der Waals surface area contributed by atoms with Crippen molar-refractivity contribution in [1.82, 2.24) is 14.8 Å². The van der Waals surface area contributed by atoms with Crippen molar-refractivity contribution >= 4 is 11.9 Å². The minimum Gasteiger partial charge on any atom is -0.465 e. The van der Waals surface area contributed by atoms with E-state index in [1.165, 1.54) is 0 Å². The zero-order valence-electron chi connectivity index (χ0n) is 17.7. The molecule has 4 rings (SSSR count). The van der Waals surface area contributed by atoms with Crippen LogP contribution in [0.3, 0.4) is 0 Å². The second kappa shape index (κ2) is 8.86. The molecule has 1 atom stereocenters. The van der Waals surface area contributed by atoms with Gasteiger partial charge in [-0.05, 0) is 56.0 Å². The molecule has 0 aromatic carbocycles. The van der Waals surface area contributed by atoms with Gasteiger partial charge in [0.15, 0.2) is 0 Å². The maximum Gasteiger partial charge on any atom is 0.318 e. The van der Waals surface area contributed by atoms with E-state index in [4.69, 9.17) is 4.74 Å². The highest BCUT2D eigenvalue weighted by atomic mass is 16.5. The van der Waals surface area contributed by atoms with E-state index >= 15 is 0 Å². The van der Waals surface area contributed by atoms with E-state index in [0.29, 0.717) is 25.8 Å². The number of nitrogens with zero attached hydrogens (tertiary/aromatic N) is 4. The van der Waals surface area contributed by atoms with Crippen LogP contribution in [0.5, 0.6) is 0 Å². The first kappa shape index (κ1) is 21.0. The van der Waals surface area contributed by atoms with Crippen LogP contribution in [0.1, 0.15) is 31.9 Å². The van der Waals surface area contributed by atoms with Crippen molar-refractivity contribution in [3.63, 3.8) is 0 Å². The number of piperidine rings is 1. The first-order valence-corrected chi connectivity index (χ1v) is 10.7. The number of amides is 1. The highest BCUT2D eigenvalue weighted by molar-refractivity contribution is 6.00. The monoisotopic (exact) mass is 418 g/mol. The van der Waals surface area contributed by atoms with Crippen LogP contribution in [0.4, 0.5) is 0 Å². The third-order valence-corrected chi connectivity index (χ3v) is 6.27. The van der Waals surface area contributed by atoms with Gasteiger partial charge in [0.2, 0.25) is 5.91 Å². The Morgan fingerprint density at radius 3 is 2.81 bits per heavy atom. The smallest absolute Gasteiger partial charge is 0.318 e. The molecule has 3 aliphatic heterocycles. The van der Waals surface area contributed by atoms with Crippen LogP contribution < -0.4 is 0 Å². The number of aromatic nitrogens is 1. The van der Waals surface area contributed by atoms with Crippen molar-refractivity contribution in [3.8, 4) is 6.07 Å². The Bertz CT molecular complexity index is 982. The fourth-order valence-electron chi connectivity index (χ4n) is 4.54. The summed E-state index contributed by atoms with van der Waals surface area (Å²) in [7, 11) is 0. The molecule has 1 aromatic heterocycles. The predicted molar refractivity (Wildman–Crippen MR) is 114 cm³/mol. The third-order valence-electron chi connectivity index (χ3n) is 6.27. The SMILES string of the molecule is CCOC(=O)C1CC(CN2CCC(C#N)(c3ccccn3)CC2)=C2C=CC=CN2C1=O. The molecule has 1 aromatic rings. The normalized spacial score (nSPS) is 22.8. The van der Waals surface area contributed by atoms with Crippen LogP contribution in [0.2, 0.25) is 0 Å². The number of nitriles is 1. The highest BCUT2D eigenvalue weighted by Crippen LogP contribution is 2.36. The van der Waals surface area contributed by atoms with Crippen molar-refractivity contribution in [2.75, 3.05) is 26.2 Å². The number of ether oxygens (including phenoxy) is 1. The van der Waals surface area contributed by atoms with Crippen LogP contribution in [0, 0.1) is 17.2 Å². The van der Waals surface area contributed by atoms with Crippen molar-refractivity contribution in [2.45, 2.75) is 31.6 Å². The Morgan fingerprint density at radius 1 is 1.32 bits per heavy atom. The summed E-state index contributed by atoms with van der Waals surface area (Å²) in [5, 5.41) is 9.90. The highest BCUT2D eigenvalue weighted by Gasteiger charge is 2.41. The van der Waals surface area contributed by atoms with E-state index in [2.05, 4.69) is 16.0 Å². The molecule has 0 N–H and O–H groups in total. The molecule has 0 saturated carbocycles. The minimum absolute atomic E-state index is 0.241. The zero-order chi connectivity index (χ0) is 21.8. The summed E-state index contributed by atoms with van der Waals surface area (Å²) < 4.78 is 5.15. The molecule has 3 aliphatic rings. The number of rotatable bonds is 5. The van der Waals surface area contributed by atoms with Crippen LogP contribution >= 0.6 is 0 Å². The molecule has 1 saturated heterocycles. The Hall–Kier alpha value is -3.24. The summed E-state index contributed by atoms with van der Waals surface area (Å²) in [6.45, 7) is 4.14. The summed E-state index contributed by atoms with van der Waals surface area (Å²) in [4.78, 5) is 33.5. The van der Waals surface area contributed by atoms with E-state index in [9.17, 15) is 14.9 Å². The average Bonchev–Trinajstić information content (AvgIpc) is 2.82. The van der Waals surface area contributed by atoms with Gasteiger partial charge in [-0.15, -0.1) is 0 Å². The molecule has 0 aliphatic carbocycles. The van der Waals surface area contributed by atoms with Gasteiger partial charge in [0.05, 0.1) is 18.4 Å². The van der Waals surface area contributed by atoms with E-state index in [1.807, 2.05) is 30.4 Å². The Morgan fingerprint density at radius 2 is 2.13 bits per heavy atom. The third kappa shape index (κ3) is 4.04. The molecule has 7 heteroatoms. The Labute approximate surface area is 182 Å². The van der Waals surface area contributed by atoms with E-state index in [1.54, 1.807) is 30.3 Å². The zero-order valence-corrected chi connectivity index (χ0v) is 17.7. The first-order chi connectivity index (χ1) is 15.1. The fourth-order valence-corrected chi connectivity index (χ4v) is 4.54. The van der Waals surface area contributed by atoms with E-state index in [-0.39, 0.29) is 12.5 Å². The maximum atomic E-state index is 12.8. The predicted octanol–water partition coefficient (Wildman–Crippen LogP) is 2.69. The largest absolute Gasteiger partial charge is 0.465 e. The summed E-state index contributed by atoms with van der Waals surface area (Å²) in [5.74, 6) is -1.52. The van der Waals surface area contributed by atoms with Crippen molar-refractivity contribution in [1.29, 1.82) is 5.26 Å². The number of hydrogen-bond donors (Lipinski definition) is 0. The molecule has 1 fully saturated rings. The lowest BCUT2D eigenvalue weighted by Gasteiger charge is -2.39. The topological polar surface area (TPSA) is 86.5 Å². The van der Waals surface area contributed by atoms with Crippen LogP contribution in [0.25, 0.3) is 0 Å². The van der Waals surface area contributed by atoms with E-state index in [0.717, 1.165) is 30.1 Å². The molecule has 0 spiro atoms. The lowest BCUT2D eigenvalue weighted by Crippen LogP contribution is -2.46. The van der Waals surface area contributed by atoms with Gasteiger partial charge >= 0.3 is 5.97 Å². The number of pyridine rings is 1. The molecule has 160 valence electrons. The summed E-state index contributed by atoms with van der Waals surface area (Å²) in [6, 6.07) is 8.22. The number of hydrogen-bond acceptors (Lipinski definition) is 6. The number of allylic oxidation sites excluding steroid dienone is 3. The molecule has 1 unspecified atom stereocenters. The van der Waals surface area contributed by atoms with Gasteiger partial charge in [0.1, 0.15) is 11.3 Å². The van der Waals surface area contributed by atoms with Gasteiger partial charge in [0, 0.05) is 37.7 Å². The van der Waals surface area contributed by atoms with Crippen LogP contribution in [-0.2, 0) is 19.7 Å². The molecular weight excluding hydrogens is 392 g/mol. The van der Waals surface area contributed by atoms with Gasteiger partial charge < -0.3 is 4.74 Å². The second-order valence-electron chi connectivity index (χ2n) is 8.09. The lowest BCUT2D eigenvalue weighted by molar-refractivity contribution is -0.154. The molecule has 7 nitrogen and oxygen atoms in total. The number of fused-ring (bicyclic) bond motifs is 1. The Balaban J connectivity index is 1.51. The quantitative estimate of drug-likeness (QED) is 0.540. The summed E-state index contributed by atoms with van der Waals surface area (Å²) in [6.07, 6.45) is 10.8. The van der Waals surface area contributed by atoms with Gasteiger partial charge in [-0.1, -0.05) is 12.1 Å². The number of likely N-dealkylation sites (tertiary alicyclic amines) is 1. The second-order valence-corrected chi connectivity index (χ2v) is 8.09. The molecule has 4 heterocycles. The molecule has 1 amide bonds. The number of carbonyl (C=O) groups is 2. The molecular formula is C24H26N4O3. The minimum atomic E-state index is -0.814. The standard InChI is InChI=1S/C24H26N4O3/c1-2-31-23(30)19-15-18(20-7-4-6-12-28(20)22(19)29)16-27-13-9-24(17-25,10-14-27)21-8-3-5-11-26-21/h3-8,11-12,19H,2,9-10,13-16H2,1H3. The average molecular weight is 418 g/mol. The van der Waals surface area contributed by atoms with Crippen LogP contribution in [-0.4, -0.2) is 52.9 Å². The van der Waals surface area contributed by atoms with Crippen molar-refractivity contribution < 1.29 is 14.3 Å². The van der Waals surface area contributed by atoms with Gasteiger partial charge in [0.25, 0.3) is 0 Å². The number of esters is 1. The first-order valence-electron chi connectivity index (χ1n) is 10.7.